The zero-order chi connectivity index (χ0) is 20.0. The van der Waals surface area contributed by atoms with Gasteiger partial charge in [0.05, 0.1) is 13.5 Å². The van der Waals surface area contributed by atoms with Gasteiger partial charge in [-0.15, -0.1) is 0 Å². The predicted molar refractivity (Wildman–Crippen MR) is 106 cm³/mol. The number of rotatable bonds is 7. The minimum Gasteiger partial charge on any atom is -0.496 e. The molecule has 0 fully saturated rings. The van der Waals surface area contributed by atoms with Crippen LogP contribution in [0.4, 0.5) is 5.69 Å². The van der Waals surface area contributed by atoms with Crippen molar-refractivity contribution in [2.75, 3.05) is 12.4 Å². The van der Waals surface area contributed by atoms with Gasteiger partial charge in [0.1, 0.15) is 5.75 Å². The van der Waals surface area contributed by atoms with E-state index in [-0.39, 0.29) is 12.3 Å². The van der Waals surface area contributed by atoms with Crippen LogP contribution >= 0.6 is 0 Å². The van der Waals surface area contributed by atoms with Crippen molar-refractivity contribution in [2.24, 2.45) is 0 Å². The molecule has 27 heavy (non-hydrogen) atoms. The second-order valence-electron chi connectivity index (χ2n) is 6.89. The van der Waals surface area contributed by atoms with Crippen LogP contribution in [0.1, 0.15) is 43.4 Å². The number of carbonyl (C=O) groups is 2. The lowest BCUT2D eigenvalue weighted by Gasteiger charge is -2.15. The summed E-state index contributed by atoms with van der Waals surface area (Å²) in [5.74, 6) is 0.210. The highest BCUT2D eigenvalue weighted by Gasteiger charge is 2.19. The van der Waals surface area contributed by atoms with E-state index in [1.165, 1.54) is 5.56 Å². The summed E-state index contributed by atoms with van der Waals surface area (Å²) in [6, 6.07) is 13.2. The van der Waals surface area contributed by atoms with E-state index in [1.54, 1.807) is 14.0 Å². The van der Waals surface area contributed by atoms with E-state index in [1.807, 2.05) is 49.4 Å². The highest BCUT2D eigenvalue weighted by Crippen LogP contribution is 2.21. The SMILES string of the molecule is COc1ccc(C)cc1CC(=O)O[C@@H](C)C(=O)Nc1ccc(C(C)C)cc1. The highest BCUT2D eigenvalue weighted by molar-refractivity contribution is 5.95. The standard InChI is InChI=1S/C22H27NO4/c1-14(2)17-7-9-19(10-8-17)23-22(25)16(4)27-21(24)13-18-12-15(3)6-11-20(18)26-5/h6-12,14,16H,13H2,1-5H3,(H,23,25)/t16-/m0/s1. The summed E-state index contributed by atoms with van der Waals surface area (Å²) in [4.78, 5) is 24.5. The van der Waals surface area contributed by atoms with Crippen LogP contribution in [0.2, 0.25) is 0 Å². The first-order valence-corrected chi connectivity index (χ1v) is 9.04. The minimum absolute atomic E-state index is 0.0472. The van der Waals surface area contributed by atoms with Gasteiger partial charge in [-0.05, 0) is 43.5 Å². The fraction of sp³-hybridized carbons (Fsp3) is 0.364. The number of ether oxygens (including phenoxy) is 2. The van der Waals surface area contributed by atoms with Crippen LogP contribution in [-0.4, -0.2) is 25.1 Å². The van der Waals surface area contributed by atoms with Gasteiger partial charge in [-0.1, -0.05) is 43.7 Å². The third kappa shape index (κ3) is 5.84. The molecule has 0 aliphatic rings. The molecule has 2 aromatic carbocycles. The van der Waals surface area contributed by atoms with Crippen LogP contribution in [0.25, 0.3) is 0 Å². The molecule has 2 aromatic rings. The van der Waals surface area contributed by atoms with E-state index in [0.717, 1.165) is 11.1 Å². The molecule has 0 saturated carbocycles. The number of nitrogens with one attached hydrogen (secondary N) is 1. The number of hydrogen-bond donors (Lipinski definition) is 1. The first kappa shape index (κ1) is 20.5. The smallest absolute Gasteiger partial charge is 0.311 e. The van der Waals surface area contributed by atoms with E-state index >= 15 is 0 Å². The Hall–Kier alpha value is -2.82. The van der Waals surface area contributed by atoms with Gasteiger partial charge in [0.25, 0.3) is 5.91 Å². The Balaban J connectivity index is 1.93. The lowest BCUT2D eigenvalue weighted by atomic mass is 10.0. The van der Waals surface area contributed by atoms with Crippen molar-refractivity contribution < 1.29 is 19.1 Å². The molecule has 0 spiro atoms. The quantitative estimate of drug-likeness (QED) is 0.742. The average molecular weight is 369 g/mol. The number of benzene rings is 2. The molecule has 0 unspecified atom stereocenters. The number of aryl methyl sites for hydroxylation is 1. The molecule has 0 aliphatic heterocycles. The fourth-order valence-corrected chi connectivity index (χ4v) is 2.69. The van der Waals surface area contributed by atoms with Gasteiger partial charge in [0.2, 0.25) is 0 Å². The van der Waals surface area contributed by atoms with Gasteiger partial charge in [-0.3, -0.25) is 9.59 Å². The van der Waals surface area contributed by atoms with Gasteiger partial charge in [0.15, 0.2) is 6.10 Å². The number of esters is 1. The third-order valence-corrected chi connectivity index (χ3v) is 4.29. The Kier molecular flexibility index (Phi) is 6.99. The summed E-state index contributed by atoms with van der Waals surface area (Å²) in [6.07, 6.45) is -0.843. The molecule has 1 atom stereocenters. The summed E-state index contributed by atoms with van der Waals surface area (Å²) >= 11 is 0. The first-order valence-electron chi connectivity index (χ1n) is 9.04. The molecule has 5 heteroatoms. The molecule has 1 N–H and O–H groups in total. The van der Waals surface area contributed by atoms with Crippen LogP contribution in [-0.2, 0) is 20.7 Å². The molecule has 0 heterocycles. The molecule has 5 nitrogen and oxygen atoms in total. The number of amides is 1. The number of carbonyl (C=O) groups excluding carboxylic acids is 2. The van der Waals surface area contributed by atoms with Crippen molar-refractivity contribution in [2.45, 2.75) is 46.1 Å². The lowest BCUT2D eigenvalue weighted by molar-refractivity contribution is -0.152. The van der Waals surface area contributed by atoms with Crippen molar-refractivity contribution in [3.63, 3.8) is 0 Å². The predicted octanol–water partition coefficient (Wildman–Crippen LogP) is 4.24. The second kappa shape index (κ2) is 9.21. The molecule has 0 aliphatic carbocycles. The summed E-state index contributed by atoms with van der Waals surface area (Å²) < 4.78 is 10.6. The van der Waals surface area contributed by atoms with Crippen LogP contribution in [0.15, 0.2) is 42.5 Å². The zero-order valence-electron chi connectivity index (χ0n) is 16.5. The number of hydrogen-bond acceptors (Lipinski definition) is 4. The number of anilines is 1. The summed E-state index contributed by atoms with van der Waals surface area (Å²) in [7, 11) is 1.56. The van der Waals surface area contributed by atoms with E-state index in [4.69, 9.17) is 9.47 Å². The summed E-state index contributed by atoms with van der Waals surface area (Å²) in [5, 5.41) is 2.77. The van der Waals surface area contributed by atoms with Crippen molar-refractivity contribution in [1.29, 1.82) is 0 Å². The van der Waals surface area contributed by atoms with Gasteiger partial charge in [0, 0.05) is 11.3 Å². The molecule has 2 rings (SSSR count). The third-order valence-electron chi connectivity index (χ3n) is 4.29. The maximum atomic E-state index is 12.3. The largest absolute Gasteiger partial charge is 0.496 e. The molecule has 0 saturated heterocycles. The van der Waals surface area contributed by atoms with E-state index in [0.29, 0.717) is 17.4 Å². The molecule has 0 bridgehead atoms. The normalized spacial score (nSPS) is 11.8. The molecule has 1 amide bonds. The van der Waals surface area contributed by atoms with Gasteiger partial charge in [-0.2, -0.15) is 0 Å². The van der Waals surface area contributed by atoms with Crippen LogP contribution in [0.5, 0.6) is 5.75 Å². The Morgan fingerprint density at radius 2 is 1.70 bits per heavy atom. The van der Waals surface area contributed by atoms with Crippen molar-refractivity contribution in [3.05, 3.63) is 59.2 Å². The van der Waals surface area contributed by atoms with Crippen LogP contribution < -0.4 is 10.1 Å². The van der Waals surface area contributed by atoms with E-state index in [9.17, 15) is 9.59 Å². The molecule has 0 radical (unpaired) electrons. The monoisotopic (exact) mass is 369 g/mol. The minimum atomic E-state index is -0.891. The zero-order valence-corrected chi connectivity index (χ0v) is 16.5. The molecule has 0 aromatic heterocycles. The lowest BCUT2D eigenvalue weighted by Crippen LogP contribution is -2.30. The van der Waals surface area contributed by atoms with Crippen LogP contribution in [0, 0.1) is 6.92 Å². The molecular formula is C22H27NO4. The van der Waals surface area contributed by atoms with E-state index < -0.39 is 12.1 Å². The second-order valence-corrected chi connectivity index (χ2v) is 6.89. The van der Waals surface area contributed by atoms with Gasteiger partial charge >= 0.3 is 5.97 Å². The maximum Gasteiger partial charge on any atom is 0.311 e. The number of methoxy groups -OCH3 is 1. The Morgan fingerprint density at radius 3 is 2.30 bits per heavy atom. The topological polar surface area (TPSA) is 64.6 Å². The summed E-state index contributed by atoms with van der Waals surface area (Å²) in [5.41, 5.74) is 3.63. The van der Waals surface area contributed by atoms with Gasteiger partial charge < -0.3 is 14.8 Å². The van der Waals surface area contributed by atoms with Crippen molar-refractivity contribution in [1.82, 2.24) is 0 Å². The van der Waals surface area contributed by atoms with Crippen molar-refractivity contribution in [3.8, 4) is 5.75 Å². The van der Waals surface area contributed by atoms with Crippen molar-refractivity contribution >= 4 is 17.6 Å². The Morgan fingerprint density at radius 1 is 1.04 bits per heavy atom. The van der Waals surface area contributed by atoms with Gasteiger partial charge in [-0.25, -0.2) is 0 Å². The highest BCUT2D eigenvalue weighted by atomic mass is 16.5. The summed E-state index contributed by atoms with van der Waals surface area (Å²) in [6.45, 7) is 7.72. The fourth-order valence-electron chi connectivity index (χ4n) is 2.69. The van der Waals surface area contributed by atoms with E-state index in [2.05, 4.69) is 19.2 Å². The Bertz CT molecular complexity index is 796. The molecular weight excluding hydrogens is 342 g/mol. The average Bonchev–Trinajstić information content (AvgIpc) is 2.62. The first-order chi connectivity index (χ1) is 12.8. The van der Waals surface area contributed by atoms with Crippen LogP contribution in [0.3, 0.4) is 0 Å². The Labute approximate surface area is 160 Å². The molecule has 144 valence electrons. The maximum absolute atomic E-state index is 12.3.